The quantitative estimate of drug-likeness (QED) is 0.679. The third-order valence-corrected chi connectivity index (χ3v) is 6.15. The Balaban J connectivity index is 1.49. The molecule has 2 aromatic carbocycles. The molecule has 4 rings (SSSR count). The first kappa shape index (κ1) is 17.9. The van der Waals surface area contributed by atoms with Gasteiger partial charge in [-0.15, -0.1) is 0 Å². The first-order valence-electron chi connectivity index (χ1n) is 9.21. The number of amides is 1. The average Bonchev–Trinajstić information content (AvgIpc) is 3.21. The van der Waals surface area contributed by atoms with Crippen LogP contribution in [0.15, 0.2) is 36.4 Å². The Labute approximate surface area is 161 Å². The van der Waals surface area contributed by atoms with Crippen molar-refractivity contribution >= 4 is 32.6 Å². The molecule has 0 bridgehead atoms. The van der Waals surface area contributed by atoms with Gasteiger partial charge in [0.1, 0.15) is 5.82 Å². The van der Waals surface area contributed by atoms with Crippen LogP contribution in [0.25, 0.3) is 10.2 Å². The Morgan fingerprint density at radius 2 is 1.89 bits per heavy atom. The maximum absolute atomic E-state index is 13.4. The largest absolute Gasteiger partial charge is 0.357 e. The van der Waals surface area contributed by atoms with Gasteiger partial charge in [-0.1, -0.05) is 29.5 Å². The second-order valence-corrected chi connectivity index (χ2v) is 8.19. The van der Waals surface area contributed by atoms with Gasteiger partial charge in [-0.05, 0) is 62.4 Å². The average molecular weight is 383 g/mol. The van der Waals surface area contributed by atoms with Crippen molar-refractivity contribution in [2.24, 2.45) is 0 Å². The molecular formula is C21H22FN3OS. The van der Waals surface area contributed by atoms with Crippen LogP contribution in [0.3, 0.4) is 0 Å². The highest BCUT2D eigenvalue weighted by molar-refractivity contribution is 7.22. The van der Waals surface area contributed by atoms with E-state index in [2.05, 4.69) is 15.6 Å². The van der Waals surface area contributed by atoms with Gasteiger partial charge in [-0.25, -0.2) is 9.37 Å². The van der Waals surface area contributed by atoms with E-state index in [0.29, 0.717) is 0 Å². The van der Waals surface area contributed by atoms with Gasteiger partial charge >= 0.3 is 0 Å². The smallest absolute Gasteiger partial charge is 0.252 e. The lowest BCUT2D eigenvalue weighted by molar-refractivity contribution is 0.0934. The minimum atomic E-state index is -0.252. The van der Waals surface area contributed by atoms with Crippen LogP contribution < -0.4 is 10.6 Å². The van der Waals surface area contributed by atoms with Crippen molar-refractivity contribution in [3.63, 3.8) is 0 Å². The van der Waals surface area contributed by atoms with Gasteiger partial charge in [-0.3, -0.25) is 4.79 Å². The molecule has 1 heterocycles. The van der Waals surface area contributed by atoms with Crippen LogP contribution in [0.4, 0.5) is 9.52 Å². The number of halogens is 1. The summed E-state index contributed by atoms with van der Waals surface area (Å²) in [6.07, 6.45) is 2.96. The number of nitrogens with zero attached hydrogens (tertiary/aromatic N) is 1. The molecule has 1 fully saturated rings. The first-order chi connectivity index (χ1) is 13.0. The van der Waals surface area contributed by atoms with E-state index in [1.165, 1.54) is 23.5 Å². The highest BCUT2D eigenvalue weighted by Gasteiger charge is 2.30. The molecule has 140 valence electrons. The third kappa shape index (κ3) is 3.67. The number of hydrogen-bond acceptors (Lipinski definition) is 4. The lowest BCUT2D eigenvalue weighted by Crippen LogP contribution is -2.43. The number of aromatic nitrogens is 1. The second-order valence-electron chi connectivity index (χ2n) is 7.16. The highest BCUT2D eigenvalue weighted by atomic mass is 32.1. The minimum absolute atomic E-state index is 0.0179. The number of anilines is 1. The molecule has 2 N–H and O–H groups in total. The fraction of sp³-hybridized carbons (Fsp3) is 0.333. The molecule has 4 nitrogen and oxygen atoms in total. The molecule has 1 aliphatic carbocycles. The molecule has 1 aromatic heterocycles. The molecule has 2 atom stereocenters. The van der Waals surface area contributed by atoms with E-state index in [-0.39, 0.29) is 23.8 Å². The third-order valence-electron chi connectivity index (χ3n) is 5.20. The summed E-state index contributed by atoms with van der Waals surface area (Å²) in [5.41, 5.74) is 3.53. The van der Waals surface area contributed by atoms with Crippen LogP contribution in [0.5, 0.6) is 0 Å². The zero-order valence-electron chi connectivity index (χ0n) is 15.4. The zero-order chi connectivity index (χ0) is 19.0. The summed E-state index contributed by atoms with van der Waals surface area (Å²) in [5, 5.41) is 7.43. The van der Waals surface area contributed by atoms with Crippen LogP contribution >= 0.6 is 11.3 Å². The van der Waals surface area contributed by atoms with Gasteiger partial charge < -0.3 is 10.6 Å². The minimum Gasteiger partial charge on any atom is -0.357 e. The Morgan fingerprint density at radius 1 is 1.15 bits per heavy atom. The maximum Gasteiger partial charge on any atom is 0.252 e. The van der Waals surface area contributed by atoms with E-state index in [1.807, 2.05) is 32.0 Å². The summed E-state index contributed by atoms with van der Waals surface area (Å²) in [5.74, 6) is -0.270. The molecule has 6 heteroatoms. The summed E-state index contributed by atoms with van der Waals surface area (Å²) in [6.45, 7) is 3.93. The topological polar surface area (TPSA) is 54.0 Å². The van der Waals surface area contributed by atoms with Crippen LogP contribution in [0.1, 0.15) is 40.7 Å². The normalized spacial score (nSPS) is 19.4. The molecule has 1 amide bonds. The Bertz CT molecular complexity index is 980. The second kappa shape index (κ2) is 7.27. The molecule has 1 saturated carbocycles. The summed E-state index contributed by atoms with van der Waals surface area (Å²) < 4.78 is 14.2. The van der Waals surface area contributed by atoms with Crippen LogP contribution in [0, 0.1) is 19.7 Å². The molecule has 27 heavy (non-hydrogen) atoms. The lowest BCUT2D eigenvalue weighted by atomic mass is 10.0. The van der Waals surface area contributed by atoms with Gasteiger partial charge in [-0.2, -0.15) is 0 Å². The van der Waals surface area contributed by atoms with E-state index in [9.17, 15) is 9.18 Å². The predicted octanol–water partition coefficient (Wildman–Crippen LogP) is 4.82. The van der Waals surface area contributed by atoms with E-state index in [1.54, 1.807) is 6.07 Å². The number of carbonyl (C=O) groups is 1. The standard InChI is InChI=1S/C21H22FN3OS/c1-12-5-3-6-13(2)19(12)20(26)23-15-7-4-8-16(15)24-21-25-17-10-9-14(22)11-18(17)27-21/h3,5-6,9-11,15-16H,4,7-8H2,1-2H3,(H,23,26)(H,24,25)/t15-,16-/m1/s1. The molecule has 1 aliphatic rings. The van der Waals surface area contributed by atoms with E-state index in [0.717, 1.165) is 51.3 Å². The monoisotopic (exact) mass is 383 g/mol. The molecule has 0 saturated heterocycles. The Hall–Kier alpha value is -2.47. The SMILES string of the molecule is Cc1cccc(C)c1C(=O)N[C@@H]1CCC[C@H]1Nc1nc2ccc(F)cc2s1. The number of nitrogens with one attached hydrogen (secondary N) is 2. The number of benzene rings is 2. The number of hydrogen-bond donors (Lipinski definition) is 2. The highest BCUT2D eigenvalue weighted by Crippen LogP contribution is 2.30. The Kier molecular flexibility index (Phi) is 4.83. The van der Waals surface area contributed by atoms with Crippen molar-refractivity contribution in [3.8, 4) is 0 Å². The lowest BCUT2D eigenvalue weighted by Gasteiger charge is -2.22. The fourth-order valence-electron chi connectivity index (χ4n) is 3.84. The summed E-state index contributed by atoms with van der Waals surface area (Å²) in [6, 6.07) is 10.7. The number of fused-ring (bicyclic) bond motifs is 1. The molecule has 3 aromatic rings. The molecular weight excluding hydrogens is 361 g/mol. The van der Waals surface area contributed by atoms with Gasteiger partial charge in [0, 0.05) is 17.6 Å². The van der Waals surface area contributed by atoms with Crippen LogP contribution in [0.2, 0.25) is 0 Å². The molecule has 0 aliphatic heterocycles. The van der Waals surface area contributed by atoms with E-state index < -0.39 is 0 Å². The fourth-order valence-corrected chi connectivity index (χ4v) is 4.79. The van der Waals surface area contributed by atoms with E-state index in [4.69, 9.17) is 0 Å². The number of carbonyl (C=O) groups excluding carboxylic acids is 1. The van der Waals surface area contributed by atoms with Crippen molar-refractivity contribution < 1.29 is 9.18 Å². The van der Waals surface area contributed by atoms with Crippen molar-refractivity contribution in [3.05, 3.63) is 58.9 Å². The van der Waals surface area contributed by atoms with Gasteiger partial charge in [0.15, 0.2) is 5.13 Å². The Morgan fingerprint density at radius 3 is 2.67 bits per heavy atom. The molecule has 0 unspecified atom stereocenters. The van der Waals surface area contributed by atoms with Crippen molar-refractivity contribution in [2.45, 2.75) is 45.2 Å². The van der Waals surface area contributed by atoms with Crippen LogP contribution in [-0.2, 0) is 0 Å². The van der Waals surface area contributed by atoms with Gasteiger partial charge in [0.05, 0.1) is 10.2 Å². The van der Waals surface area contributed by atoms with E-state index >= 15 is 0 Å². The zero-order valence-corrected chi connectivity index (χ0v) is 16.2. The molecule has 0 spiro atoms. The van der Waals surface area contributed by atoms with Gasteiger partial charge in [0.2, 0.25) is 0 Å². The summed E-state index contributed by atoms with van der Waals surface area (Å²) in [4.78, 5) is 17.4. The summed E-state index contributed by atoms with van der Waals surface area (Å²) >= 11 is 1.45. The summed E-state index contributed by atoms with van der Waals surface area (Å²) in [7, 11) is 0. The van der Waals surface area contributed by atoms with Crippen molar-refractivity contribution in [2.75, 3.05) is 5.32 Å². The van der Waals surface area contributed by atoms with Crippen LogP contribution in [-0.4, -0.2) is 23.0 Å². The van der Waals surface area contributed by atoms with Gasteiger partial charge in [0.25, 0.3) is 5.91 Å². The number of rotatable bonds is 4. The maximum atomic E-state index is 13.4. The number of aryl methyl sites for hydroxylation is 2. The first-order valence-corrected chi connectivity index (χ1v) is 10.0. The number of thiazole rings is 1. The van der Waals surface area contributed by atoms with Crippen molar-refractivity contribution in [1.29, 1.82) is 0 Å². The predicted molar refractivity (Wildman–Crippen MR) is 108 cm³/mol. The molecule has 0 radical (unpaired) electrons. The van der Waals surface area contributed by atoms with Crippen molar-refractivity contribution in [1.82, 2.24) is 10.3 Å².